The number of amides is 2. The van der Waals surface area contributed by atoms with Gasteiger partial charge in [0.2, 0.25) is 5.91 Å². The number of methoxy groups -OCH3 is 1. The SMILES string of the molecule is CO[C@@H](C)c1ncc(N2CCN(C3CC3)CC2)cc1-c1c2c3cc(ccc3n1CC(F)(F)F)N1CCO[C@H](C1)[C@@H](N1CCOCC1)[C@H](NC(=O)[C@@H]1C(C)c3cccnc3[C@H]3CCCN31)C(=O)N1CCC[C@H](N1)C(=O)OCC(C)(C)C2. The molecule has 2 amide bonds. The second-order valence-electron chi connectivity index (χ2n) is 24.3. The van der Waals surface area contributed by atoms with Crippen molar-refractivity contribution in [3.05, 3.63) is 71.3 Å². The van der Waals surface area contributed by atoms with E-state index in [0.29, 0.717) is 98.2 Å². The number of ether oxygens (including phenoxy) is 4. The van der Waals surface area contributed by atoms with Crippen molar-refractivity contribution in [1.29, 1.82) is 0 Å². The summed E-state index contributed by atoms with van der Waals surface area (Å²) in [6, 6.07) is 8.94. The molecule has 1 aliphatic carbocycles. The van der Waals surface area contributed by atoms with Gasteiger partial charge in [0, 0.05) is 112 Å². The number of carbonyl (C=O) groups is 3. The van der Waals surface area contributed by atoms with Gasteiger partial charge in [-0.25, -0.2) is 5.43 Å². The molecule has 1 unspecified atom stereocenters. The first-order chi connectivity index (χ1) is 38.5. The number of fused-ring (bicyclic) bond motifs is 9. The molecule has 4 aromatic rings. The number of rotatable bonds is 9. The molecule has 12 rings (SSSR count). The zero-order valence-corrected chi connectivity index (χ0v) is 46.9. The summed E-state index contributed by atoms with van der Waals surface area (Å²) in [5, 5.41) is 5.51. The standard InChI is InChI=1S/C59H78F3N11O7/c1-36-41-9-6-16-63-50(41)47-11-8-17-71(47)52(36)55(74)65-51-54(69-23-26-78-27-24-69)48-33-70(25-28-79-48)39-14-15-46-42(29-39)44(31-58(3,4)35-80-57(76)45-10-7-18-73(66-45)56(51)75)53(72(46)34-59(60,61)62)43-30-40(32-64-49(43)37(2)77-5)68-21-19-67(20-22-68)38-12-13-38/h6,9,14-16,29-30,32,36-38,45,47-48,51-52,54,66H,7-8,10-13,17-28,31,33-35H2,1-5H3,(H,65,74)/t36?,37-,45-,47+,48+,51-,52-,54+/m0/s1. The number of anilines is 2. The number of carbonyl (C=O) groups excluding carboxylic acids is 3. The van der Waals surface area contributed by atoms with Crippen LogP contribution in [0.4, 0.5) is 24.5 Å². The third-order valence-electron chi connectivity index (χ3n) is 18.4. The van der Waals surface area contributed by atoms with E-state index in [-0.39, 0.29) is 50.0 Å². The lowest BCUT2D eigenvalue weighted by Crippen LogP contribution is -2.70. The van der Waals surface area contributed by atoms with Crippen LogP contribution in [-0.2, 0) is 46.3 Å². The van der Waals surface area contributed by atoms with E-state index in [1.165, 1.54) is 22.4 Å². The Kier molecular flexibility index (Phi) is 15.4. The van der Waals surface area contributed by atoms with E-state index in [4.69, 9.17) is 28.9 Å². The highest BCUT2D eigenvalue weighted by atomic mass is 19.4. The number of halogens is 3. The van der Waals surface area contributed by atoms with Crippen LogP contribution in [0.25, 0.3) is 22.2 Å². The molecule has 0 spiro atoms. The lowest BCUT2D eigenvalue weighted by atomic mass is 9.83. The van der Waals surface area contributed by atoms with Crippen molar-refractivity contribution < 1.29 is 46.5 Å². The maximum Gasteiger partial charge on any atom is 0.406 e. The number of nitrogens with zero attached hydrogens (tertiary/aromatic N) is 9. The number of benzene rings is 1. The van der Waals surface area contributed by atoms with Gasteiger partial charge in [0.15, 0.2) is 0 Å². The summed E-state index contributed by atoms with van der Waals surface area (Å²) in [7, 11) is 1.58. The summed E-state index contributed by atoms with van der Waals surface area (Å²) in [6.07, 6.45) is 3.15. The molecular formula is C59H78F3N11O7. The van der Waals surface area contributed by atoms with E-state index >= 15 is 22.8 Å². The number of pyridine rings is 2. The van der Waals surface area contributed by atoms with Gasteiger partial charge < -0.3 is 38.6 Å². The molecule has 6 fully saturated rings. The smallest absolute Gasteiger partial charge is 0.406 e. The fourth-order valence-corrected chi connectivity index (χ4v) is 14.2. The monoisotopic (exact) mass is 1110 g/mol. The number of hydrogen-bond acceptors (Lipinski definition) is 15. The fraction of sp³-hybridized carbons (Fsp3) is 0.644. The molecule has 3 aromatic heterocycles. The molecule has 5 saturated heterocycles. The van der Waals surface area contributed by atoms with Crippen LogP contribution in [0.5, 0.6) is 0 Å². The van der Waals surface area contributed by atoms with Crippen LogP contribution in [0.15, 0.2) is 48.8 Å². The van der Waals surface area contributed by atoms with Gasteiger partial charge in [0.05, 0.1) is 85.7 Å². The number of morpholine rings is 2. The zero-order chi connectivity index (χ0) is 55.6. The van der Waals surface area contributed by atoms with Crippen LogP contribution in [0, 0.1) is 5.41 Å². The first-order valence-electron chi connectivity index (χ1n) is 29.2. The Morgan fingerprint density at radius 1 is 0.912 bits per heavy atom. The Morgan fingerprint density at radius 2 is 1.70 bits per heavy atom. The molecule has 1 saturated carbocycles. The largest absolute Gasteiger partial charge is 0.464 e. The zero-order valence-electron chi connectivity index (χ0n) is 46.9. The number of esters is 1. The lowest BCUT2D eigenvalue weighted by Gasteiger charge is -2.48. The summed E-state index contributed by atoms with van der Waals surface area (Å²) >= 11 is 0. The van der Waals surface area contributed by atoms with Crippen molar-refractivity contribution in [1.82, 2.24) is 45.0 Å². The van der Waals surface area contributed by atoms with E-state index in [1.807, 2.05) is 57.4 Å². The minimum absolute atomic E-state index is 0.0279. The Morgan fingerprint density at radius 3 is 2.46 bits per heavy atom. The highest BCUT2D eigenvalue weighted by molar-refractivity contribution is 5.95. The van der Waals surface area contributed by atoms with Crippen molar-refractivity contribution >= 4 is 40.1 Å². The molecule has 21 heteroatoms. The summed E-state index contributed by atoms with van der Waals surface area (Å²) in [4.78, 5) is 66.8. The Balaban J connectivity index is 0.980. The van der Waals surface area contributed by atoms with Crippen molar-refractivity contribution in [2.75, 3.05) is 109 Å². The first-order valence-corrected chi connectivity index (χ1v) is 29.2. The Bertz CT molecular complexity index is 2940. The Labute approximate surface area is 466 Å². The minimum Gasteiger partial charge on any atom is -0.464 e. The quantitative estimate of drug-likeness (QED) is 0.188. The van der Waals surface area contributed by atoms with Gasteiger partial charge >= 0.3 is 12.1 Å². The average Bonchev–Trinajstić information content (AvgIpc) is 4.18. The molecule has 432 valence electrons. The molecule has 8 atom stereocenters. The van der Waals surface area contributed by atoms with Crippen LogP contribution in [-0.4, -0.2) is 194 Å². The summed E-state index contributed by atoms with van der Waals surface area (Å²) < 4.78 is 72.3. The normalized spacial score (nSPS) is 28.8. The van der Waals surface area contributed by atoms with Crippen molar-refractivity contribution in [3.8, 4) is 11.3 Å². The lowest BCUT2D eigenvalue weighted by molar-refractivity contribution is -0.157. The number of aromatic nitrogens is 3. The molecule has 7 aliphatic heterocycles. The predicted octanol–water partition coefficient (Wildman–Crippen LogP) is 5.99. The van der Waals surface area contributed by atoms with Crippen LogP contribution in [0.2, 0.25) is 0 Å². The van der Waals surface area contributed by atoms with Gasteiger partial charge in [-0.1, -0.05) is 26.8 Å². The van der Waals surface area contributed by atoms with Gasteiger partial charge in [-0.15, -0.1) is 0 Å². The number of piperazine rings is 1. The predicted molar refractivity (Wildman–Crippen MR) is 295 cm³/mol. The molecule has 6 bridgehead atoms. The van der Waals surface area contributed by atoms with Crippen molar-refractivity contribution in [3.63, 3.8) is 0 Å². The maximum absolute atomic E-state index is 15.7. The van der Waals surface area contributed by atoms with Gasteiger partial charge in [-0.2, -0.15) is 13.2 Å². The van der Waals surface area contributed by atoms with Gasteiger partial charge in [0.25, 0.3) is 5.91 Å². The van der Waals surface area contributed by atoms with E-state index in [9.17, 15) is 4.79 Å². The van der Waals surface area contributed by atoms with Crippen molar-refractivity contribution in [2.24, 2.45) is 5.41 Å². The molecule has 2 N–H and O–H groups in total. The number of nitrogens with one attached hydrogen (secondary N) is 2. The minimum atomic E-state index is -4.60. The van der Waals surface area contributed by atoms with E-state index in [0.717, 1.165) is 61.7 Å². The number of alkyl halides is 3. The topological polar surface area (TPSA) is 162 Å². The van der Waals surface area contributed by atoms with Gasteiger partial charge in [-0.05, 0) is 99.9 Å². The number of hydrogen-bond donors (Lipinski definition) is 2. The van der Waals surface area contributed by atoms with E-state index in [1.54, 1.807) is 13.2 Å². The summed E-state index contributed by atoms with van der Waals surface area (Å²) in [6.45, 7) is 13.7. The third kappa shape index (κ3) is 10.9. The Hall–Kier alpha value is -5.42. The fourth-order valence-electron chi connectivity index (χ4n) is 14.2. The van der Waals surface area contributed by atoms with E-state index in [2.05, 4.69) is 48.2 Å². The molecule has 1 aromatic carbocycles. The number of cyclic esters (lactones) is 1. The van der Waals surface area contributed by atoms with Crippen LogP contribution >= 0.6 is 0 Å². The van der Waals surface area contributed by atoms with Gasteiger partial charge in [0.1, 0.15) is 18.6 Å². The molecule has 18 nitrogen and oxygen atoms in total. The highest BCUT2D eigenvalue weighted by Gasteiger charge is 2.50. The maximum atomic E-state index is 15.7. The third-order valence-corrected chi connectivity index (χ3v) is 18.4. The molecule has 0 radical (unpaired) electrons. The summed E-state index contributed by atoms with van der Waals surface area (Å²) in [5.74, 6) is -1.42. The number of hydrazine groups is 1. The second-order valence-corrected chi connectivity index (χ2v) is 24.3. The van der Waals surface area contributed by atoms with Crippen LogP contribution < -0.4 is 20.5 Å². The molecular weight excluding hydrogens is 1030 g/mol. The molecule has 80 heavy (non-hydrogen) atoms. The van der Waals surface area contributed by atoms with Gasteiger partial charge in [-0.3, -0.25) is 44.1 Å². The molecule has 8 aliphatic rings. The summed E-state index contributed by atoms with van der Waals surface area (Å²) in [5.41, 5.74) is 8.64. The average molecular weight is 1110 g/mol. The van der Waals surface area contributed by atoms with E-state index < -0.39 is 60.5 Å². The first kappa shape index (κ1) is 55.1. The van der Waals surface area contributed by atoms with Crippen molar-refractivity contribution in [2.45, 2.75) is 140 Å². The molecule has 10 heterocycles. The van der Waals surface area contributed by atoms with Crippen LogP contribution in [0.3, 0.4) is 0 Å². The van der Waals surface area contributed by atoms with Crippen LogP contribution in [0.1, 0.15) is 107 Å². The second kappa shape index (κ2) is 22.4. The highest BCUT2D eigenvalue weighted by Crippen LogP contribution is 2.46.